The smallest absolute Gasteiger partial charge is 0.328 e. The van der Waals surface area contributed by atoms with Crippen LogP contribution < -0.4 is 11.1 Å². The zero-order valence-electron chi connectivity index (χ0n) is 19.5. The second kappa shape index (κ2) is 12.3. The molecule has 0 aliphatic carbocycles. The number of carboxylic acid groups (broad SMARTS) is 2. The van der Waals surface area contributed by atoms with Crippen molar-refractivity contribution >= 4 is 34.8 Å². The number of rotatable bonds is 7. The number of aromatic amines is 1. The monoisotopic (exact) mass is 496 g/mol. The van der Waals surface area contributed by atoms with E-state index in [4.69, 9.17) is 15.9 Å². The van der Waals surface area contributed by atoms with Crippen molar-refractivity contribution in [3.63, 3.8) is 0 Å². The minimum absolute atomic E-state index is 0. The summed E-state index contributed by atoms with van der Waals surface area (Å²) < 4.78 is 0. The summed E-state index contributed by atoms with van der Waals surface area (Å²) in [5.74, 6) is -2.70. The van der Waals surface area contributed by atoms with Gasteiger partial charge in [-0.3, -0.25) is 9.69 Å². The second-order valence-electron chi connectivity index (χ2n) is 8.04. The molecular weight excluding hydrogens is 468 g/mol. The highest BCUT2D eigenvalue weighted by Gasteiger charge is 2.37. The standard InChI is InChI=1S/C21H22N4O2.C4H4O4.H2O/c1-13(22)17-11-23-18-8-7-15(9-16(17)18)12-25-20(26)19(24-21(25)27)10-14-5-3-2-4-6-14;5-3(6)1-2-4(7)8;/h2-9,11,13,19,23H,10,12,22H2,1H3,(H,24,27);1-2H,(H,5,6)(H,7,8);1H2. The average Bonchev–Trinajstić information content (AvgIpc) is 3.35. The van der Waals surface area contributed by atoms with Gasteiger partial charge in [0.1, 0.15) is 6.04 Å². The van der Waals surface area contributed by atoms with E-state index in [1.165, 1.54) is 4.90 Å². The van der Waals surface area contributed by atoms with E-state index >= 15 is 0 Å². The number of carbonyl (C=O) groups excluding carboxylic acids is 2. The number of aromatic nitrogens is 1. The molecule has 2 unspecified atom stereocenters. The van der Waals surface area contributed by atoms with Crippen molar-refractivity contribution in [2.45, 2.75) is 32.0 Å². The van der Waals surface area contributed by atoms with Crippen molar-refractivity contribution in [2.24, 2.45) is 5.73 Å². The van der Waals surface area contributed by atoms with Crippen LogP contribution in [0.4, 0.5) is 4.79 Å². The third kappa shape index (κ3) is 7.01. The maximum absolute atomic E-state index is 12.7. The minimum Gasteiger partial charge on any atom is -0.478 e. The maximum Gasteiger partial charge on any atom is 0.328 e. The van der Waals surface area contributed by atoms with Gasteiger partial charge in [-0.15, -0.1) is 0 Å². The Morgan fingerprint density at radius 2 is 1.69 bits per heavy atom. The zero-order chi connectivity index (χ0) is 25.5. The Morgan fingerprint density at radius 1 is 1.06 bits per heavy atom. The summed E-state index contributed by atoms with van der Waals surface area (Å²) >= 11 is 0. The summed E-state index contributed by atoms with van der Waals surface area (Å²) in [6, 6.07) is 14.6. The number of benzene rings is 2. The topological polar surface area (TPSA) is 197 Å². The van der Waals surface area contributed by atoms with E-state index in [1.54, 1.807) is 0 Å². The van der Waals surface area contributed by atoms with Crippen LogP contribution in [0, 0.1) is 0 Å². The van der Waals surface area contributed by atoms with Crippen LogP contribution in [0.25, 0.3) is 10.9 Å². The van der Waals surface area contributed by atoms with Crippen LogP contribution in [-0.2, 0) is 27.3 Å². The SMILES string of the molecule is CC(N)c1c[nH]c2ccc(CN3C(=O)NC(Cc4ccccc4)C3=O)cc12.O.O=C(O)C=CC(=O)O. The minimum atomic E-state index is -1.26. The van der Waals surface area contributed by atoms with Crippen molar-refractivity contribution in [1.82, 2.24) is 15.2 Å². The molecule has 0 spiro atoms. The molecule has 0 radical (unpaired) electrons. The van der Waals surface area contributed by atoms with Gasteiger partial charge in [0.25, 0.3) is 5.91 Å². The van der Waals surface area contributed by atoms with Crippen molar-refractivity contribution in [2.75, 3.05) is 0 Å². The molecule has 3 amide bonds. The predicted octanol–water partition coefficient (Wildman–Crippen LogP) is 1.74. The molecule has 1 saturated heterocycles. The van der Waals surface area contributed by atoms with Crippen LogP contribution in [0.3, 0.4) is 0 Å². The van der Waals surface area contributed by atoms with E-state index in [0.717, 1.165) is 27.6 Å². The van der Waals surface area contributed by atoms with Crippen LogP contribution in [0.15, 0.2) is 66.9 Å². The Bertz CT molecular complexity index is 1250. The second-order valence-corrected chi connectivity index (χ2v) is 8.04. The van der Waals surface area contributed by atoms with E-state index in [1.807, 2.05) is 61.7 Å². The number of hydrogen-bond acceptors (Lipinski definition) is 5. The first-order valence-electron chi connectivity index (χ1n) is 10.8. The molecule has 2 aromatic carbocycles. The number of imide groups is 1. The fraction of sp³-hybridized carbons (Fsp3) is 0.200. The number of hydrogen-bond donors (Lipinski definition) is 5. The largest absolute Gasteiger partial charge is 0.478 e. The number of carboxylic acids is 2. The molecule has 8 N–H and O–H groups in total. The Labute approximate surface area is 206 Å². The molecule has 1 fully saturated rings. The lowest BCUT2D eigenvalue weighted by Crippen LogP contribution is -2.32. The van der Waals surface area contributed by atoms with Crippen molar-refractivity contribution < 1.29 is 34.9 Å². The van der Waals surface area contributed by atoms with Crippen LogP contribution in [0.2, 0.25) is 0 Å². The van der Waals surface area contributed by atoms with Crippen molar-refractivity contribution in [3.05, 3.63) is 83.6 Å². The molecule has 0 saturated carbocycles. The summed E-state index contributed by atoms with van der Waals surface area (Å²) in [5.41, 5.74) is 9.95. The molecule has 2 heterocycles. The fourth-order valence-corrected chi connectivity index (χ4v) is 3.70. The number of aliphatic carboxylic acids is 2. The molecule has 11 nitrogen and oxygen atoms in total. The van der Waals surface area contributed by atoms with Crippen LogP contribution >= 0.6 is 0 Å². The van der Waals surface area contributed by atoms with Gasteiger partial charge in [-0.25, -0.2) is 14.4 Å². The van der Waals surface area contributed by atoms with E-state index < -0.39 is 18.0 Å². The molecule has 1 aromatic heterocycles. The van der Waals surface area contributed by atoms with Gasteiger partial charge in [0.15, 0.2) is 0 Å². The normalized spacial score (nSPS) is 15.7. The Balaban J connectivity index is 0.000000442. The summed E-state index contributed by atoms with van der Waals surface area (Å²) in [5, 5.41) is 19.4. The first kappa shape index (κ1) is 27.8. The average molecular weight is 497 g/mol. The number of amides is 3. The number of nitrogens with zero attached hydrogens (tertiary/aromatic N) is 1. The first-order chi connectivity index (χ1) is 16.7. The highest BCUT2D eigenvalue weighted by Crippen LogP contribution is 2.25. The molecule has 1 aliphatic rings. The van der Waals surface area contributed by atoms with Gasteiger partial charge in [-0.2, -0.15) is 0 Å². The maximum atomic E-state index is 12.7. The number of carbonyl (C=O) groups is 4. The van der Waals surface area contributed by atoms with Crippen molar-refractivity contribution in [1.29, 1.82) is 0 Å². The molecule has 11 heteroatoms. The zero-order valence-corrected chi connectivity index (χ0v) is 19.5. The number of nitrogens with one attached hydrogen (secondary N) is 2. The number of fused-ring (bicyclic) bond motifs is 1. The van der Waals surface area contributed by atoms with Gasteiger partial charge >= 0.3 is 18.0 Å². The van der Waals surface area contributed by atoms with E-state index in [2.05, 4.69) is 10.3 Å². The molecule has 3 aromatic rings. The predicted molar refractivity (Wildman–Crippen MR) is 132 cm³/mol. The van der Waals surface area contributed by atoms with E-state index in [9.17, 15) is 19.2 Å². The summed E-state index contributed by atoms with van der Waals surface area (Å²) in [4.78, 5) is 48.7. The van der Waals surface area contributed by atoms with Gasteiger partial charge in [-0.1, -0.05) is 36.4 Å². The first-order valence-corrected chi connectivity index (χ1v) is 10.8. The molecule has 2 atom stereocenters. The molecule has 36 heavy (non-hydrogen) atoms. The Hall–Kier alpha value is -4.48. The van der Waals surface area contributed by atoms with Gasteiger partial charge < -0.3 is 31.7 Å². The lowest BCUT2D eigenvalue weighted by Gasteiger charge is -2.14. The van der Waals surface area contributed by atoms with Crippen LogP contribution in [-0.4, -0.2) is 55.5 Å². The Kier molecular flexibility index (Phi) is 9.48. The molecule has 1 aliphatic heterocycles. The third-order valence-corrected chi connectivity index (χ3v) is 5.37. The lowest BCUT2D eigenvalue weighted by molar-refractivity contribution is -0.134. The number of H-pyrrole nitrogens is 1. The Morgan fingerprint density at radius 3 is 2.28 bits per heavy atom. The van der Waals surface area contributed by atoms with E-state index in [-0.39, 0.29) is 30.0 Å². The third-order valence-electron chi connectivity index (χ3n) is 5.37. The van der Waals surface area contributed by atoms with Crippen molar-refractivity contribution in [3.8, 4) is 0 Å². The number of urea groups is 1. The van der Waals surface area contributed by atoms with Crippen LogP contribution in [0.1, 0.15) is 29.7 Å². The van der Waals surface area contributed by atoms with Gasteiger partial charge in [0, 0.05) is 41.7 Å². The highest BCUT2D eigenvalue weighted by atomic mass is 16.4. The summed E-state index contributed by atoms with van der Waals surface area (Å²) in [7, 11) is 0. The summed E-state index contributed by atoms with van der Waals surface area (Å²) in [6.45, 7) is 2.18. The fourth-order valence-electron chi connectivity index (χ4n) is 3.70. The lowest BCUT2D eigenvalue weighted by atomic mass is 10.0. The van der Waals surface area contributed by atoms with E-state index in [0.29, 0.717) is 18.6 Å². The van der Waals surface area contributed by atoms with Gasteiger partial charge in [0.2, 0.25) is 0 Å². The molecule has 0 bridgehead atoms. The molecule has 4 rings (SSSR count). The van der Waals surface area contributed by atoms with Gasteiger partial charge in [0.05, 0.1) is 6.54 Å². The number of nitrogens with two attached hydrogens (primary N) is 1. The van der Waals surface area contributed by atoms with Crippen LogP contribution in [0.5, 0.6) is 0 Å². The molecular formula is C25H28N4O7. The molecule has 190 valence electrons. The quantitative estimate of drug-likeness (QED) is 0.242. The summed E-state index contributed by atoms with van der Waals surface area (Å²) in [6.07, 6.45) is 3.51. The van der Waals surface area contributed by atoms with Gasteiger partial charge in [-0.05, 0) is 35.7 Å². The highest BCUT2D eigenvalue weighted by molar-refractivity contribution is 6.04.